The lowest BCUT2D eigenvalue weighted by Crippen LogP contribution is -2.27. The standard InChI is InChI=1S/C18H15ClFN3O2/c1-22(10-13-14(19)8-5-9-15(13)20)18(25)17-16(24)11-23(21-17)12-6-3-2-4-7-12/h2-9,11,24H,10H2,1H3. The SMILES string of the molecule is CN(Cc1c(F)cccc1Cl)C(=O)c1nn(-c2ccccc2)cc1O. The predicted octanol–water partition coefficient (Wildman–Crippen LogP) is 3.64. The number of hydrogen-bond acceptors (Lipinski definition) is 3. The van der Waals surface area contributed by atoms with Gasteiger partial charge in [-0.25, -0.2) is 9.07 Å². The van der Waals surface area contributed by atoms with Crippen molar-refractivity contribution in [3.8, 4) is 11.4 Å². The van der Waals surface area contributed by atoms with E-state index in [1.165, 1.54) is 35.0 Å². The Balaban J connectivity index is 1.85. The summed E-state index contributed by atoms with van der Waals surface area (Å²) >= 11 is 5.99. The van der Waals surface area contributed by atoms with Crippen molar-refractivity contribution in [1.82, 2.24) is 14.7 Å². The van der Waals surface area contributed by atoms with E-state index in [0.29, 0.717) is 5.69 Å². The Hall–Kier alpha value is -2.86. The van der Waals surface area contributed by atoms with Crippen molar-refractivity contribution in [1.29, 1.82) is 0 Å². The molecule has 1 N–H and O–H groups in total. The van der Waals surface area contributed by atoms with Crippen LogP contribution in [0.3, 0.4) is 0 Å². The Kier molecular flexibility index (Phi) is 4.72. The Labute approximate surface area is 148 Å². The second-order valence-corrected chi connectivity index (χ2v) is 5.91. The normalized spacial score (nSPS) is 10.7. The molecule has 7 heteroatoms. The van der Waals surface area contributed by atoms with Gasteiger partial charge in [0, 0.05) is 17.6 Å². The Bertz CT molecular complexity index is 892. The first-order chi connectivity index (χ1) is 12.0. The fourth-order valence-electron chi connectivity index (χ4n) is 2.40. The number of carbonyl (C=O) groups is 1. The van der Waals surface area contributed by atoms with Gasteiger partial charge in [-0.15, -0.1) is 0 Å². The van der Waals surface area contributed by atoms with E-state index in [1.807, 2.05) is 18.2 Å². The number of benzene rings is 2. The third-order valence-electron chi connectivity index (χ3n) is 3.72. The number of para-hydroxylation sites is 1. The molecule has 0 spiro atoms. The molecular weight excluding hydrogens is 345 g/mol. The quantitative estimate of drug-likeness (QED) is 0.773. The van der Waals surface area contributed by atoms with E-state index in [2.05, 4.69) is 5.10 Å². The largest absolute Gasteiger partial charge is 0.504 e. The zero-order valence-corrected chi connectivity index (χ0v) is 14.1. The molecule has 128 valence electrons. The zero-order valence-electron chi connectivity index (χ0n) is 13.4. The van der Waals surface area contributed by atoms with E-state index in [1.54, 1.807) is 18.2 Å². The predicted molar refractivity (Wildman–Crippen MR) is 92.4 cm³/mol. The summed E-state index contributed by atoms with van der Waals surface area (Å²) in [4.78, 5) is 13.8. The van der Waals surface area contributed by atoms with Gasteiger partial charge in [-0.2, -0.15) is 5.10 Å². The Morgan fingerprint density at radius 2 is 1.96 bits per heavy atom. The van der Waals surface area contributed by atoms with Crippen LogP contribution in [0, 0.1) is 5.82 Å². The van der Waals surface area contributed by atoms with Gasteiger partial charge in [0.1, 0.15) is 5.82 Å². The van der Waals surface area contributed by atoms with Gasteiger partial charge < -0.3 is 10.0 Å². The molecule has 0 saturated heterocycles. The summed E-state index contributed by atoms with van der Waals surface area (Å²) in [6.07, 6.45) is 1.35. The number of rotatable bonds is 4. The van der Waals surface area contributed by atoms with Crippen LogP contribution in [0.2, 0.25) is 5.02 Å². The number of carbonyl (C=O) groups excluding carboxylic acids is 1. The molecule has 0 radical (unpaired) electrons. The van der Waals surface area contributed by atoms with Gasteiger partial charge in [0.25, 0.3) is 5.91 Å². The fourth-order valence-corrected chi connectivity index (χ4v) is 2.63. The van der Waals surface area contributed by atoms with Gasteiger partial charge in [-0.1, -0.05) is 35.9 Å². The maximum absolute atomic E-state index is 13.9. The third kappa shape index (κ3) is 3.49. The molecule has 0 unspecified atom stereocenters. The summed E-state index contributed by atoms with van der Waals surface area (Å²) in [5, 5.41) is 14.4. The Morgan fingerprint density at radius 1 is 1.24 bits per heavy atom. The summed E-state index contributed by atoms with van der Waals surface area (Å²) in [7, 11) is 1.49. The van der Waals surface area contributed by atoms with Crippen LogP contribution in [0.1, 0.15) is 16.1 Å². The maximum Gasteiger partial charge on any atom is 0.278 e. The maximum atomic E-state index is 13.9. The molecule has 1 heterocycles. The van der Waals surface area contributed by atoms with E-state index < -0.39 is 11.7 Å². The molecule has 0 bridgehead atoms. The molecule has 0 aliphatic rings. The number of aromatic hydroxyl groups is 1. The lowest BCUT2D eigenvalue weighted by Gasteiger charge is -2.17. The van der Waals surface area contributed by atoms with Crippen LogP contribution < -0.4 is 0 Å². The van der Waals surface area contributed by atoms with E-state index in [0.717, 1.165) is 0 Å². The van der Waals surface area contributed by atoms with Crippen molar-refractivity contribution in [3.63, 3.8) is 0 Å². The third-order valence-corrected chi connectivity index (χ3v) is 4.08. The molecule has 3 aromatic rings. The lowest BCUT2D eigenvalue weighted by molar-refractivity contribution is 0.0774. The van der Waals surface area contributed by atoms with Crippen molar-refractivity contribution in [2.24, 2.45) is 0 Å². The minimum atomic E-state index is -0.536. The number of amides is 1. The average molecular weight is 360 g/mol. The van der Waals surface area contributed by atoms with Gasteiger partial charge in [0.15, 0.2) is 11.4 Å². The van der Waals surface area contributed by atoms with Crippen LogP contribution >= 0.6 is 11.6 Å². The van der Waals surface area contributed by atoms with Crippen molar-refractivity contribution in [2.75, 3.05) is 7.05 Å². The van der Waals surface area contributed by atoms with Gasteiger partial charge in [-0.05, 0) is 24.3 Å². The van der Waals surface area contributed by atoms with Crippen molar-refractivity contribution < 1.29 is 14.3 Å². The van der Waals surface area contributed by atoms with Crippen LogP contribution in [0.25, 0.3) is 5.69 Å². The van der Waals surface area contributed by atoms with Crippen LogP contribution in [0.15, 0.2) is 54.7 Å². The summed E-state index contributed by atoms with van der Waals surface area (Å²) in [5.41, 5.74) is 0.803. The van der Waals surface area contributed by atoms with Gasteiger partial charge in [-0.3, -0.25) is 4.79 Å². The molecule has 0 saturated carbocycles. The van der Waals surface area contributed by atoms with Gasteiger partial charge >= 0.3 is 0 Å². The minimum Gasteiger partial charge on any atom is -0.504 e. The first-order valence-corrected chi connectivity index (χ1v) is 7.87. The second-order valence-electron chi connectivity index (χ2n) is 5.50. The summed E-state index contributed by atoms with van der Waals surface area (Å²) in [5.74, 6) is -1.28. The topological polar surface area (TPSA) is 58.4 Å². The van der Waals surface area contributed by atoms with Gasteiger partial charge in [0.2, 0.25) is 0 Å². The van der Waals surface area contributed by atoms with Crippen LogP contribution in [0.4, 0.5) is 4.39 Å². The zero-order chi connectivity index (χ0) is 18.0. The summed E-state index contributed by atoms with van der Waals surface area (Å²) in [6.45, 7) is -0.0397. The molecular formula is C18H15ClFN3O2. The van der Waals surface area contributed by atoms with Crippen molar-refractivity contribution in [3.05, 3.63) is 76.8 Å². The first kappa shape index (κ1) is 17.0. The van der Waals surface area contributed by atoms with Crippen LogP contribution in [-0.4, -0.2) is 32.7 Å². The van der Waals surface area contributed by atoms with E-state index in [-0.39, 0.29) is 28.6 Å². The molecule has 0 fully saturated rings. The smallest absolute Gasteiger partial charge is 0.278 e. The highest BCUT2D eigenvalue weighted by Gasteiger charge is 2.22. The Morgan fingerprint density at radius 3 is 2.64 bits per heavy atom. The highest BCUT2D eigenvalue weighted by molar-refractivity contribution is 6.31. The first-order valence-electron chi connectivity index (χ1n) is 7.50. The number of hydrogen-bond donors (Lipinski definition) is 1. The summed E-state index contributed by atoms with van der Waals surface area (Å²) < 4.78 is 15.3. The molecule has 0 aliphatic heterocycles. The molecule has 0 atom stereocenters. The molecule has 2 aromatic carbocycles. The monoisotopic (exact) mass is 359 g/mol. The molecule has 0 aliphatic carbocycles. The number of aromatic nitrogens is 2. The number of nitrogens with zero attached hydrogens (tertiary/aromatic N) is 3. The van der Waals surface area contributed by atoms with E-state index in [4.69, 9.17) is 11.6 Å². The molecule has 5 nitrogen and oxygen atoms in total. The summed E-state index contributed by atoms with van der Waals surface area (Å²) in [6, 6.07) is 13.4. The van der Waals surface area contributed by atoms with Crippen molar-refractivity contribution >= 4 is 17.5 Å². The van der Waals surface area contributed by atoms with Crippen LogP contribution in [0.5, 0.6) is 5.75 Å². The molecule has 25 heavy (non-hydrogen) atoms. The van der Waals surface area contributed by atoms with E-state index >= 15 is 0 Å². The molecule has 1 aromatic heterocycles. The molecule has 1 amide bonds. The fraction of sp³-hybridized carbons (Fsp3) is 0.111. The highest BCUT2D eigenvalue weighted by atomic mass is 35.5. The van der Waals surface area contributed by atoms with Gasteiger partial charge in [0.05, 0.1) is 18.4 Å². The second kappa shape index (κ2) is 6.94. The van der Waals surface area contributed by atoms with Crippen LogP contribution in [-0.2, 0) is 6.54 Å². The average Bonchev–Trinajstić information content (AvgIpc) is 3.00. The lowest BCUT2D eigenvalue weighted by atomic mass is 10.2. The minimum absolute atomic E-state index is 0.0397. The number of halogens is 2. The molecule has 3 rings (SSSR count). The van der Waals surface area contributed by atoms with Crippen molar-refractivity contribution in [2.45, 2.75) is 6.54 Å². The highest BCUT2D eigenvalue weighted by Crippen LogP contribution is 2.23. The van der Waals surface area contributed by atoms with E-state index in [9.17, 15) is 14.3 Å².